The average molecular weight is 419 g/mol. The number of carbonyl (C=O) groups is 3. The van der Waals surface area contributed by atoms with Crippen LogP contribution in [0.4, 0.5) is 13.9 Å². The number of likely N-dealkylation sites (tertiary alicyclic amines) is 1. The molecule has 1 saturated carbocycles. The molecule has 0 unspecified atom stereocenters. The number of aromatic nitrogens is 1. The summed E-state index contributed by atoms with van der Waals surface area (Å²) in [7, 11) is 0. The fourth-order valence-corrected chi connectivity index (χ4v) is 4.76. The number of imide groups is 1. The fourth-order valence-electron chi connectivity index (χ4n) is 4.05. The Bertz CT molecular complexity index is 969. The van der Waals surface area contributed by atoms with Crippen LogP contribution in [-0.2, 0) is 14.4 Å². The van der Waals surface area contributed by atoms with Gasteiger partial charge in [-0.1, -0.05) is 12.8 Å². The summed E-state index contributed by atoms with van der Waals surface area (Å²) in [5, 5.41) is 4.25. The number of amides is 3. The summed E-state index contributed by atoms with van der Waals surface area (Å²) >= 11 is 1.05. The molecular formula is C20H19F2N3O3S. The van der Waals surface area contributed by atoms with E-state index < -0.39 is 23.6 Å². The normalized spacial score (nSPS) is 22.5. The standard InChI is InChI=1S/C20H19F2N3O3S/c1-10(25-18(27)12-4-2-3-5-13(12)19(25)28)17(26)24-20-23-16(9-29-20)14-8-11(21)6-7-15(14)22/h6-10,12-13H,2-5H2,1H3,(H,23,24,26)/t10-,12-,13+/m0/s1. The van der Waals surface area contributed by atoms with Crippen molar-refractivity contribution in [1.82, 2.24) is 9.88 Å². The molecule has 0 radical (unpaired) electrons. The van der Waals surface area contributed by atoms with Crippen molar-refractivity contribution < 1.29 is 23.2 Å². The monoisotopic (exact) mass is 419 g/mol. The predicted molar refractivity (Wildman–Crippen MR) is 103 cm³/mol. The van der Waals surface area contributed by atoms with Crippen LogP contribution in [0.15, 0.2) is 23.6 Å². The van der Waals surface area contributed by atoms with Gasteiger partial charge in [-0.15, -0.1) is 11.3 Å². The SMILES string of the molecule is C[C@@H](C(=O)Nc1nc(-c2cc(F)ccc2F)cs1)N1C(=O)[C@H]2CCCC[C@H]2C1=O. The Hall–Kier alpha value is -2.68. The zero-order valence-electron chi connectivity index (χ0n) is 15.7. The molecule has 3 atom stereocenters. The topological polar surface area (TPSA) is 79.4 Å². The lowest BCUT2D eigenvalue weighted by atomic mass is 9.81. The number of benzene rings is 1. The van der Waals surface area contributed by atoms with Crippen molar-refractivity contribution in [3.8, 4) is 11.3 Å². The number of hydrogen-bond donors (Lipinski definition) is 1. The second-order valence-electron chi connectivity index (χ2n) is 7.37. The van der Waals surface area contributed by atoms with Gasteiger partial charge in [0, 0.05) is 10.9 Å². The summed E-state index contributed by atoms with van der Waals surface area (Å²) in [6, 6.07) is 2.08. The molecule has 3 amide bonds. The molecular weight excluding hydrogens is 400 g/mol. The van der Waals surface area contributed by atoms with Crippen molar-refractivity contribution in [2.45, 2.75) is 38.6 Å². The van der Waals surface area contributed by atoms with Crippen molar-refractivity contribution in [2.24, 2.45) is 11.8 Å². The number of nitrogens with zero attached hydrogens (tertiary/aromatic N) is 2. The molecule has 1 aliphatic heterocycles. The van der Waals surface area contributed by atoms with Crippen molar-refractivity contribution in [3.63, 3.8) is 0 Å². The van der Waals surface area contributed by atoms with Gasteiger partial charge in [0.2, 0.25) is 17.7 Å². The molecule has 29 heavy (non-hydrogen) atoms. The smallest absolute Gasteiger partial charge is 0.249 e. The Balaban J connectivity index is 1.48. The quantitative estimate of drug-likeness (QED) is 0.768. The number of nitrogens with one attached hydrogen (secondary N) is 1. The van der Waals surface area contributed by atoms with E-state index in [1.807, 2.05) is 0 Å². The largest absolute Gasteiger partial charge is 0.300 e. The van der Waals surface area contributed by atoms with Crippen molar-refractivity contribution in [1.29, 1.82) is 0 Å². The number of fused-ring (bicyclic) bond motifs is 1. The highest BCUT2D eigenvalue weighted by atomic mass is 32.1. The molecule has 9 heteroatoms. The van der Waals surface area contributed by atoms with Crippen molar-refractivity contribution in [3.05, 3.63) is 35.2 Å². The van der Waals surface area contributed by atoms with E-state index in [9.17, 15) is 23.2 Å². The molecule has 1 aromatic heterocycles. The highest BCUT2D eigenvalue weighted by molar-refractivity contribution is 7.14. The van der Waals surface area contributed by atoms with Gasteiger partial charge >= 0.3 is 0 Å². The molecule has 0 spiro atoms. The number of rotatable bonds is 4. The van der Waals surface area contributed by atoms with Gasteiger partial charge < -0.3 is 5.32 Å². The van der Waals surface area contributed by atoms with Crippen LogP contribution in [0.25, 0.3) is 11.3 Å². The van der Waals surface area contributed by atoms with Crippen LogP contribution in [0, 0.1) is 23.5 Å². The first-order valence-electron chi connectivity index (χ1n) is 9.45. The Morgan fingerprint density at radius 1 is 1.21 bits per heavy atom. The third-order valence-electron chi connectivity index (χ3n) is 5.58. The molecule has 1 aliphatic carbocycles. The molecule has 0 bridgehead atoms. The van der Waals surface area contributed by atoms with E-state index in [4.69, 9.17) is 0 Å². The molecule has 152 valence electrons. The Labute approximate surface area is 169 Å². The van der Waals surface area contributed by atoms with Crippen LogP contribution in [0.5, 0.6) is 0 Å². The first-order valence-corrected chi connectivity index (χ1v) is 10.3. The maximum atomic E-state index is 13.9. The Morgan fingerprint density at radius 2 is 1.86 bits per heavy atom. The maximum Gasteiger partial charge on any atom is 0.249 e. The van der Waals surface area contributed by atoms with E-state index in [0.717, 1.165) is 47.3 Å². The summed E-state index contributed by atoms with van der Waals surface area (Å²) in [6.45, 7) is 1.50. The highest BCUT2D eigenvalue weighted by Crippen LogP contribution is 2.39. The van der Waals surface area contributed by atoms with Crippen LogP contribution < -0.4 is 5.32 Å². The Morgan fingerprint density at radius 3 is 2.52 bits per heavy atom. The zero-order chi connectivity index (χ0) is 20.7. The lowest BCUT2D eigenvalue weighted by molar-refractivity contribution is -0.146. The van der Waals surface area contributed by atoms with Crippen molar-refractivity contribution in [2.75, 3.05) is 5.32 Å². The number of anilines is 1. The molecule has 2 heterocycles. The lowest BCUT2D eigenvalue weighted by Gasteiger charge is -2.21. The lowest BCUT2D eigenvalue weighted by Crippen LogP contribution is -2.46. The van der Waals surface area contributed by atoms with Gasteiger partial charge in [0.05, 0.1) is 17.5 Å². The maximum absolute atomic E-state index is 13.9. The van der Waals surface area contributed by atoms with Crippen LogP contribution in [0.2, 0.25) is 0 Å². The summed E-state index contributed by atoms with van der Waals surface area (Å²) < 4.78 is 27.3. The Kier molecular flexibility index (Phi) is 5.16. The van der Waals surface area contributed by atoms with E-state index in [1.54, 1.807) is 0 Å². The first-order chi connectivity index (χ1) is 13.9. The summed E-state index contributed by atoms with van der Waals surface area (Å²) in [5.74, 6) is -3.00. The number of halogens is 2. The minimum Gasteiger partial charge on any atom is -0.300 e. The third kappa shape index (κ3) is 3.55. The summed E-state index contributed by atoms with van der Waals surface area (Å²) in [6.07, 6.45) is 3.17. The molecule has 2 aliphatic rings. The molecule has 6 nitrogen and oxygen atoms in total. The predicted octanol–water partition coefficient (Wildman–Crippen LogP) is 3.59. The molecule has 2 aromatic rings. The third-order valence-corrected chi connectivity index (χ3v) is 6.34. The van der Waals surface area contributed by atoms with Crippen LogP contribution in [0.1, 0.15) is 32.6 Å². The van der Waals surface area contributed by atoms with Gasteiger partial charge in [-0.25, -0.2) is 13.8 Å². The molecule has 1 N–H and O–H groups in total. The first kappa shape index (κ1) is 19.6. The van der Waals surface area contributed by atoms with Crippen LogP contribution in [0.3, 0.4) is 0 Å². The van der Waals surface area contributed by atoms with Gasteiger partial charge in [-0.2, -0.15) is 0 Å². The summed E-state index contributed by atoms with van der Waals surface area (Å²) in [4.78, 5) is 43.1. The van der Waals surface area contributed by atoms with Crippen LogP contribution >= 0.6 is 11.3 Å². The number of carbonyl (C=O) groups excluding carboxylic acids is 3. The van der Waals surface area contributed by atoms with E-state index in [2.05, 4.69) is 10.3 Å². The van der Waals surface area contributed by atoms with E-state index >= 15 is 0 Å². The van der Waals surface area contributed by atoms with Crippen LogP contribution in [-0.4, -0.2) is 33.6 Å². The van der Waals surface area contributed by atoms with Crippen molar-refractivity contribution >= 4 is 34.2 Å². The minimum atomic E-state index is -0.973. The van der Waals surface area contributed by atoms with Gasteiger partial charge in [0.1, 0.15) is 17.7 Å². The molecule has 4 rings (SSSR count). The molecule has 1 saturated heterocycles. The highest BCUT2D eigenvalue weighted by Gasteiger charge is 2.50. The second-order valence-corrected chi connectivity index (χ2v) is 8.23. The fraction of sp³-hybridized carbons (Fsp3) is 0.400. The van der Waals surface area contributed by atoms with E-state index in [-0.39, 0.29) is 40.0 Å². The minimum absolute atomic E-state index is 0.0104. The second kappa shape index (κ2) is 7.62. The van der Waals surface area contributed by atoms with Gasteiger partial charge in [0.25, 0.3) is 0 Å². The van der Waals surface area contributed by atoms with Gasteiger partial charge in [-0.05, 0) is 38.0 Å². The van der Waals surface area contributed by atoms with Gasteiger partial charge in [0.15, 0.2) is 5.13 Å². The number of thiazole rings is 1. The average Bonchev–Trinajstić information content (AvgIpc) is 3.26. The molecule has 2 fully saturated rings. The molecule has 1 aromatic carbocycles. The number of hydrogen-bond acceptors (Lipinski definition) is 5. The van der Waals surface area contributed by atoms with Gasteiger partial charge in [-0.3, -0.25) is 19.3 Å². The summed E-state index contributed by atoms with van der Waals surface area (Å²) in [5.41, 5.74) is 0.179. The van der Waals surface area contributed by atoms with E-state index in [1.165, 1.54) is 12.3 Å². The zero-order valence-corrected chi connectivity index (χ0v) is 16.5. The van der Waals surface area contributed by atoms with E-state index in [0.29, 0.717) is 12.8 Å².